The van der Waals surface area contributed by atoms with E-state index >= 15 is 0 Å². The first-order valence-corrected chi connectivity index (χ1v) is 9.44. The first kappa shape index (κ1) is 17.1. The smallest absolute Gasteiger partial charge is 0.148 e. The lowest BCUT2D eigenvalue weighted by Gasteiger charge is -2.47. The number of hydrogen-bond donors (Lipinski definition) is 2. The quantitative estimate of drug-likeness (QED) is 0.832. The number of allylic oxidation sites excluding steroid dienone is 3. The van der Waals surface area contributed by atoms with Crippen LogP contribution < -0.4 is 10.6 Å². The second-order valence-electron chi connectivity index (χ2n) is 7.21. The second kappa shape index (κ2) is 7.10. The van der Waals surface area contributed by atoms with E-state index in [-0.39, 0.29) is 24.1 Å². The van der Waals surface area contributed by atoms with Crippen molar-refractivity contribution in [1.82, 2.24) is 5.32 Å². The van der Waals surface area contributed by atoms with Crippen molar-refractivity contribution in [2.24, 2.45) is 11.8 Å². The molecule has 0 saturated carbocycles. The summed E-state index contributed by atoms with van der Waals surface area (Å²) in [5, 5.41) is 7.11. The van der Waals surface area contributed by atoms with E-state index in [0.29, 0.717) is 22.5 Å². The molecule has 1 aromatic carbocycles. The molecule has 25 heavy (non-hydrogen) atoms. The highest BCUT2D eigenvalue weighted by atomic mass is 35.5. The summed E-state index contributed by atoms with van der Waals surface area (Å²) in [6.45, 7) is 0.811. The molecule has 0 amide bonds. The Kier molecular flexibility index (Phi) is 4.85. The molecular weight excluding hydrogens is 339 g/mol. The van der Waals surface area contributed by atoms with Crippen molar-refractivity contribution in [3.63, 3.8) is 0 Å². The van der Waals surface area contributed by atoms with Gasteiger partial charge >= 0.3 is 0 Å². The number of ether oxygens (including phenoxy) is 1. The van der Waals surface area contributed by atoms with Crippen molar-refractivity contribution in [3.8, 4) is 0 Å². The molecule has 3 nitrogen and oxygen atoms in total. The predicted octanol–water partition coefficient (Wildman–Crippen LogP) is 4.46. The average molecular weight is 363 g/mol. The molecule has 2 N–H and O–H groups in total. The van der Waals surface area contributed by atoms with Crippen molar-refractivity contribution in [2.75, 3.05) is 18.9 Å². The first-order chi connectivity index (χ1) is 12.2. The van der Waals surface area contributed by atoms with Crippen LogP contribution in [0.5, 0.6) is 0 Å². The van der Waals surface area contributed by atoms with E-state index < -0.39 is 0 Å². The molecule has 5 atom stereocenters. The van der Waals surface area contributed by atoms with Crippen molar-refractivity contribution in [1.29, 1.82) is 0 Å². The minimum atomic E-state index is -0.291. The van der Waals surface area contributed by atoms with E-state index in [9.17, 15) is 4.39 Å². The SMILES string of the molecule is CNC[C@H]1CC[C@@H]2[C@H](O1)c1cc(Cl)cc(F)c1N[C@H]2C1C=CC=CC1. The van der Waals surface area contributed by atoms with E-state index in [4.69, 9.17) is 16.3 Å². The van der Waals surface area contributed by atoms with Gasteiger partial charge in [-0.1, -0.05) is 35.9 Å². The molecule has 3 aliphatic rings. The molecule has 2 aliphatic heterocycles. The van der Waals surface area contributed by atoms with Gasteiger partial charge in [0, 0.05) is 35.0 Å². The van der Waals surface area contributed by atoms with Gasteiger partial charge in [-0.2, -0.15) is 0 Å². The Morgan fingerprint density at radius 1 is 1.32 bits per heavy atom. The molecule has 4 rings (SSSR count). The highest BCUT2D eigenvalue weighted by Gasteiger charge is 2.44. The fraction of sp³-hybridized carbons (Fsp3) is 0.500. The van der Waals surface area contributed by atoms with Crippen LogP contribution in [0.3, 0.4) is 0 Å². The fourth-order valence-corrected chi connectivity index (χ4v) is 4.70. The van der Waals surface area contributed by atoms with Gasteiger partial charge in [0.15, 0.2) is 0 Å². The maximum absolute atomic E-state index is 14.6. The van der Waals surface area contributed by atoms with Gasteiger partial charge < -0.3 is 15.4 Å². The van der Waals surface area contributed by atoms with Crippen LogP contribution in [-0.4, -0.2) is 25.7 Å². The van der Waals surface area contributed by atoms with Crippen molar-refractivity contribution in [2.45, 2.75) is 37.5 Å². The Morgan fingerprint density at radius 2 is 2.20 bits per heavy atom. The molecule has 1 aromatic rings. The molecule has 0 radical (unpaired) electrons. The van der Waals surface area contributed by atoms with Gasteiger partial charge in [0.1, 0.15) is 5.82 Å². The lowest BCUT2D eigenvalue weighted by Crippen LogP contribution is -2.48. The number of likely N-dealkylation sites (N-methyl/N-ethyl adjacent to an activating group) is 1. The predicted molar refractivity (Wildman–Crippen MR) is 99.5 cm³/mol. The van der Waals surface area contributed by atoms with Gasteiger partial charge in [-0.25, -0.2) is 4.39 Å². The topological polar surface area (TPSA) is 33.3 Å². The zero-order chi connectivity index (χ0) is 17.4. The summed E-state index contributed by atoms with van der Waals surface area (Å²) in [5.41, 5.74) is 1.42. The van der Waals surface area contributed by atoms with Crippen LogP contribution in [0.4, 0.5) is 10.1 Å². The Balaban J connectivity index is 1.71. The van der Waals surface area contributed by atoms with Crippen LogP contribution in [0.25, 0.3) is 0 Å². The summed E-state index contributed by atoms with van der Waals surface area (Å²) in [6.07, 6.45) is 11.7. The zero-order valence-electron chi connectivity index (χ0n) is 14.3. The molecule has 0 bridgehead atoms. The van der Waals surface area contributed by atoms with E-state index in [1.54, 1.807) is 0 Å². The summed E-state index contributed by atoms with van der Waals surface area (Å²) < 4.78 is 21.0. The van der Waals surface area contributed by atoms with Crippen molar-refractivity contribution >= 4 is 17.3 Å². The van der Waals surface area contributed by atoms with Crippen LogP contribution in [0.2, 0.25) is 5.02 Å². The van der Waals surface area contributed by atoms with E-state index in [1.807, 2.05) is 13.1 Å². The molecule has 0 aromatic heterocycles. The molecule has 2 heterocycles. The highest BCUT2D eigenvalue weighted by Crippen LogP contribution is 2.49. The molecule has 1 saturated heterocycles. The highest BCUT2D eigenvalue weighted by molar-refractivity contribution is 6.30. The van der Waals surface area contributed by atoms with Gasteiger partial charge in [0.05, 0.1) is 17.9 Å². The number of fused-ring (bicyclic) bond motifs is 3. The Morgan fingerprint density at radius 3 is 2.96 bits per heavy atom. The van der Waals surface area contributed by atoms with Crippen LogP contribution in [-0.2, 0) is 4.74 Å². The number of rotatable bonds is 3. The van der Waals surface area contributed by atoms with Crippen LogP contribution in [0.15, 0.2) is 36.4 Å². The van der Waals surface area contributed by atoms with Gasteiger partial charge in [-0.05, 0) is 38.4 Å². The minimum Gasteiger partial charge on any atom is -0.379 e. The molecule has 1 fully saturated rings. The van der Waals surface area contributed by atoms with Gasteiger partial charge in [-0.3, -0.25) is 0 Å². The summed E-state index contributed by atoms with van der Waals surface area (Å²) in [7, 11) is 1.93. The molecule has 0 spiro atoms. The van der Waals surface area contributed by atoms with Crippen LogP contribution in [0.1, 0.15) is 30.9 Å². The number of hydrogen-bond acceptors (Lipinski definition) is 3. The largest absolute Gasteiger partial charge is 0.379 e. The minimum absolute atomic E-state index is 0.110. The Labute approximate surface area is 153 Å². The van der Waals surface area contributed by atoms with Gasteiger partial charge in [0.25, 0.3) is 0 Å². The van der Waals surface area contributed by atoms with Gasteiger partial charge in [-0.15, -0.1) is 0 Å². The standard InChI is InChI=1S/C20H24ClFN2O/c1-23-11-14-7-8-15-18(12-5-3-2-4-6-12)24-19-16(20(15)25-14)9-13(21)10-17(19)22/h2-5,9-10,12,14-15,18,20,23-24H,6-8,11H2,1H3/t12?,14-,15+,18+,20+/m1/s1. The molecular formula is C20H24ClFN2O. The fourth-order valence-electron chi connectivity index (χ4n) is 4.49. The number of anilines is 1. The van der Waals surface area contributed by atoms with Crippen LogP contribution >= 0.6 is 11.6 Å². The summed E-state index contributed by atoms with van der Waals surface area (Å²) in [4.78, 5) is 0. The third-order valence-electron chi connectivity index (χ3n) is 5.62. The van der Waals surface area contributed by atoms with E-state index in [2.05, 4.69) is 34.9 Å². The van der Waals surface area contributed by atoms with Gasteiger partial charge in [0.2, 0.25) is 0 Å². The molecule has 1 unspecified atom stereocenters. The monoisotopic (exact) mass is 362 g/mol. The average Bonchev–Trinajstić information content (AvgIpc) is 2.62. The normalized spacial score (nSPS) is 33.5. The van der Waals surface area contributed by atoms with Crippen molar-refractivity contribution in [3.05, 3.63) is 52.8 Å². The molecule has 5 heteroatoms. The number of nitrogens with one attached hydrogen (secondary N) is 2. The lowest BCUT2D eigenvalue weighted by atomic mass is 9.73. The number of halogens is 2. The third kappa shape index (κ3) is 3.23. The van der Waals surface area contributed by atoms with Crippen molar-refractivity contribution < 1.29 is 9.13 Å². The third-order valence-corrected chi connectivity index (χ3v) is 5.84. The second-order valence-corrected chi connectivity index (χ2v) is 7.65. The van der Waals surface area contributed by atoms with E-state index in [0.717, 1.165) is 31.4 Å². The Hall–Kier alpha value is -1.36. The summed E-state index contributed by atoms with van der Waals surface area (Å²) >= 11 is 6.14. The zero-order valence-corrected chi connectivity index (χ0v) is 15.1. The molecule has 134 valence electrons. The maximum atomic E-state index is 14.6. The summed E-state index contributed by atoms with van der Waals surface area (Å²) in [6, 6.07) is 3.42. The van der Waals surface area contributed by atoms with Crippen LogP contribution in [0, 0.1) is 17.7 Å². The van der Waals surface area contributed by atoms with E-state index in [1.165, 1.54) is 6.07 Å². The molecule has 1 aliphatic carbocycles. The first-order valence-electron chi connectivity index (χ1n) is 9.06. The number of benzene rings is 1. The lowest BCUT2D eigenvalue weighted by molar-refractivity contribution is -0.0935. The summed E-state index contributed by atoms with van der Waals surface area (Å²) in [5.74, 6) is 0.380. The Bertz CT molecular complexity index is 705. The maximum Gasteiger partial charge on any atom is 0.148 e.